The van der Waals surface area contributed by atoms with Crippen molar-refractivity contribution in [2.24, 2.45) is 5.73 Å². The van der Waals surface area contributed by atoms with Crippen LogP contribution in [0.2, 0.25) is 0 Å². The number of rotatable bonds is 3. The molecule has 3 nitrogen and oxygen atoms in total. The first-order valence-corrected chi connectivity index (χ1v) is 6.89. The second-order valence-corrected chi connectivity index (χ2v) is 5.48. The second-order valence-electron chi connectivity index (χ2n) is 4.18. The van der Waals surface area contributed by atoms with Crippen LogP contribution in [0.15, 0.2) is 34.8 Å². The number of halogens is 1. The molecule has 0 amide bonds. The molecule has 0 spiro atoms. The lowest BCUT2D eigenvalue weighted by atomic mass is 10.2. The number of hydrogen-bond acceptors (Lipinski definition) is 3. The van der Waals surface area contributed by atoms with E-state index in [0.29, 0.717) is 17.2 Å². The van der Waals surface area contributed by atoms with Crippen LogP contribution in [0.3, 0.4) is 0 Å². The predicted octanol–water partition coefficient (Wildman–Crippen LogP) is 3.89. The molecule has 1 aromatic heterocycles. The highest BCUT2D eigenvalue weighted by molar-refractivity contribution is 9.10. The molecule has 5 heteroatoms. The van der Waals surface area contributed by atoms with Crippen molar-refractivity contribution < 1.29 is 4.74 Å². The second kappa shape index (κ2) is 5.67. The number of nitrogens with two attached hydrogens (primary N) is 1. The maximum atomic E-state index is 5.79. The van der Waals surface area contributed by atoms with Crippen LogP contribution < -0.4 is 10.5 Å². The van der Waals surface area contributed by atoms with Crippen LogP contribution in [0.1, 0.15) is 16.8 Å². The Hall–Kier alpha value is -1.46. The van der Waals surface area contributed by atoms with Crippen molar-refractivity contribution in [1.82, 2.24) is 4.98 Å². The summed E-state index contributed by atoms with van der Waals surface area (Å²) in [6, 6.07) is 9.41. The van der Waals surface area contributed by atoms with Gasteiger partial charge in [0, 0.05) is 10.2 Å². The molecule has 0 fully saturated rings. The van der Waals surface area contributed by atoms with E-state index in [0.717, 1.165) is 15.7 Å². The lowest BCUT2D eigenvalue weighted by Crippen LogP contribution is -2.12. The molecule has 1 aromatic carbocycles. The van der Waals surface area contributed by atoms with E-state index < -0.39 is 0 Å². The topological polar surface area (TPSA) is 48.1 Å². The molecule has 98 valence electrons. The molecule has 0 saturated heterocycles. The highest BCUT2D eigenvalue weighted by Gasteiger charge is 2.10. The molecule has 0 bridgehead atoms. The maximum absolute atomic E-state index is 5.79. The molecular formula is C14H13BrN2OS. The van der Waals surface area contributed by atoms with Crippen molar-refractivity contribution in [3.05, 3.63) is 51.6 Å². The van der Waals surface area contributed by atoms with E-state index in [4.69, 9.17) is 22.7 Å². The Morgan fingerprint density at radius 3 is 2.63 bits per heavy atom. The molecular weight excluding hydrogens is 324 g/mol. The van der Waals surface area contributed by atoms with Crippen molar-refractivity contribution in [2.45, 2.75) is 13.8 Å². The zero-order valence-corrected chi connectivity index (χ0v) is 13.0. The number of benzene rings is 1. The fourth-order valence-corrected chi connectivity index (χ4v) is 1.99. The molecule has 0 aliphatic rings. The summed E-state index contributed by atoms with van der Waals surface area (Å²) in [5.74, 6) is 1.14. The maximum Gasteiger partial charge on any atom is 0.229 e. The number of aromatic nitrogens is 1. The molecule has 1 heterocycles. The fraction of sp³-hybridized carbons (Fsp3) is 0.143. The Morgan fingerprint density at radius 2 is 2.00 bits per heavy atom. The summed E-state index contributed by atoms with van der Waals surface area (Å²) < 4.78 is 6.82. The van der Waals surface area contributed by atoms with Crippen LogP contribution in [0.25, 0.3) is 0 Å². The first kappa shape index (κ1) is 14.0. The molecule has 2 aromatic rings. The number of hydrogen-bond donors (Lipinski definition) is 1. The van der Waals surface area contributed by atoms with Gasteiger partial charge in [0.25, 0.3) is 0 Å². The van der Waals surface area contributed by atoms with Gasteiger partial charge in [0.05, 0.1) is 5.56 Å². The summed E-state index contributed by atoms with van der Waals surface area (Å²) in [7, 11) is 0. The fourth-order valence-electron chi connectivity index (χ4n) is 1.59. The van der Waals surface area contributed by atoms with Crippen molar-refractivity contribution in [2.75, 3.05) is 0 Å². The van der Waals surface area contributed by atoms with Crippen LogP contribution in [0, 0.1) is 13.8 Å². The van der Waals surface area contributed by atoms with Gasteiger partial charge in [-0.1, -0.05) is 28.1 Å². The molecule has 0 unspecified atom stereocenters. The number of aryl methyl sites for hydroxylation is 2. The van der Waals surface area contributed by atoms with Crippen molar-refractivity contribution >= 4 is 33.1 Å². The third-order valence-electron chi connectivity index (χ3n) is 2.61. The minimum atomic E-state index is 0.274. The Labute approximate surface area is 125 Å². The Balaban J connectivity index is 2.39. The van der Waals surface area contributed by atoms with Gasteiger partial charge >= 0.3 is 0 Å². The van der Waals surface area contributed by atoms with E-state index in [1.807, 2.05) is 44.2 Å². The summed E-state index contributed by atoms with van der Waals surface area (Å²) in [4.78, 5) is 4.61. The summed E-state index contributed by atoms with van der Waals surface area (Å²) >= 11 is 8.46. The highest BCUT2D eigenvalue weighted by Crippen LogP contribution is 2.27. The van der Waals surface area contributed by atoms with Gasteiger partial charge in [-0.2, -0.15) is 0 Å². The van der Waals surface area contributed by atoms with Gasteiger partial charge < -0.3 is 10.5 Å². The average Bonchev–Trinajstić information content (AvgIpc) is 2.33. The quantitative estimate of drug-likeness (QED) is 0.864. The van der Waals surface area contributed by atoms with E-state index in [2.05, 4.69) is 20.9 Å². The van der Waals surface area contributed by atoms with Crippen molar-refractivity contribution in [1.29, 1.82) is 0 Å². The number of nitrogens with zero attached hydrogens (tertiary/aromatic N) is 1. The van der Waals surface area contributed by atoms with Gasteiger partial charge in [-0.25, -0.2) is 4.98 Å². The largest absolute Gasteiger partial charge is 0.438 e. The Kier molecular flexibility index (Phi) is 4.17. The van der Waals surface area contributed by atoms with Crippen LogP contribution in [-0.2, 0) is 0 Å². The van der Waals surface area contributed by atoms with Crippen LogP contribution in [-0.4, -0.2) is 9.97 Å². The normalized spacial score (nSPS) is 10.3. The first-order chi connectivity index (χ1) is 8.97. The van der Waals surface area contributed by atoms with E-state index >= 15 is 0 Å². The first-order valence-electron chi connectivity index (χ1n) is 5.69. The lowest BCUT2D eigenvalue weighted by Gasteiger charge is -2.10. The van der Waals surface area contributed by atoms with Crippen molar-refractivity contribution in [3.63, 3.8) is 0 Å². The minimum absolute atomic E-state index is 0.274. The van der Waals surface area contributed by atoms with Gasteiger partial charge in [-0.05, 0) is 49.7 Å². The molecule has 0 radical (unpaired) electrons. The van der Waals surface area contributed by atoms with Gasteiger partial charge in [0.15, 0.2) is 0 Å². The summed E-state index contributed by atoms with van der Waals surface area (Å²) in [6.45, 7) is 3.89. The highest BCUT2D eigenvalue weighted by atomic mass is 79.9. The van der Waals surface area contributed by atoms with Crippen LogP contribution >= 0.6 is 28.1 Å². The summed E-state index contributed by atoms with van der Waals surface area (Å²) in [5, 5.41) is 0. The smallest absolute Gasteiger partial charge is 0.229 e. The molecule has 2 N–H and O–H groups in total. The zero-order chi connectivity index (χ0) is 14.0. The van der Waals surface area contributed by atoms with Gasteiger partial charge in [0.2, 0.25) is 5.88 Å². The molecule has 19 heavy (non-hydrogen) atoms. The Bertz CT molecular complexity index is 643. The number of pyridine rings is 1. The standard InChI is InChI=1S/C14H13BrN2OS/c1-8-7-10(4-6-12(8)15)18-14-11(13(16)19)5-3-9(2)17-14/h3-7H,1-2H3,(H2,16,19). The van der Waals surface area contributed by atoms with Gasteiger partial charge in [-0.15, -0.1) is 0 Å². The summed E-state index contributed by atoms with van der Waals surface area (Å²) in [6.07, 6.45) is 0. The van der Waals surface area contributed by atoms with Gasteiger partial charge in [0.1, 0.15) is 10.7 Å². The zero-order valence-electron chi connectivity index (χ0n) is 10.6. The van der Waals surface area contributed by atoms with E-state index in [-0.39, 0.29) is 4.99 Å². The molecule has 0 aliphatic carbocycles. The average molecular weight is 337 g/mol. The summed E-state index contributed by atoms with van der Waals surface area (Å²) in [5.41, 5.74) is 8.25. The molecule has 0 aliphatic heterocycles. The van der Waals surface area contributed by atoms with Crippen LogP contribution in [0.5, 0.6) is 11.6 Å². The number of ether oxygens (including phenoxy) is 1. The predicted molar refractivity (Wildman–Crippen MR) is 83.8 cm³/mol. The van der Waals surface area contributed by atoms with E-state index in [9.17, 15) is 0 Å². The number of thiocarbonyl (C=S) groups is 1. The van der Waals surface area contributed by atoms with Crippen LogP contribution in [0.4, 0.5) is 0 Å². The molecule has 0 atom stereocenters. The Morgan fingerprint density at radius 1 is 1.26 bits per heavy atom. The lowest BCUT2D eigenvalue weighted by molar-refractivity contribution is 0.460. The van der Waals surface area contributed by atoms with Crippen molar-refractivity contribution in [3.8, 4) is 11.6 Å². The molecule has 2 rings (SSSR count). The van der Waals surface area contributed by atoms with E-state index in [1.54, 1.807) is 0 Å². The van der Waals surface area contributed by atoms with E-state index in [1.165, 1.54) is 0 Å². The minimum Gasteiger partial charge on any atom is -0.438 e. The monoisotopic (exact) mass is 336 g/mol. The van der Waals surface area contributed by atoms with Gasteiger partial charge in [-0.3, -0.25) is 0 Å². The third kappa shape index (κ3) is 3.30. The molecule has 0 saturated carbocycles. The SMILES string of the molecule is Cc1ccc(C(N)=S)c(Oc2ccc(Br)c(C)c2)n1. The third-order valence-corrected chi connectivity index (χ3v) is 3.72.